The van der Waals surface area contributed by atoms with Gasteiger partial charge in [0.2, 0.25) is 5.91 Å². The highest BCUT2D eigenvalue weighted by Gasteiger charge is 2.02. The van der Waals surface area contributed by atoms with Gasteiger partial charge in [0.1, 0.15) is 5.75 Å². The molecule has 0 aromatic heterocycles. The summed E-state index contributed by atoms with van der Waals surface area (Å²) < 4.78 is 5.39. The normalized spacial score (nSPS) is 9.93. The summed E-state index contributed by atoms with van der Waals surface area (Å²) >= 11 is 0. The van der Waals surface area contributed by atoms with Crippen LogP contribution in [0.3, 0.4) is 0 Å². The molecule has 82 valence electrons. The summed E-state index contributed by atoms with van der Waals surface area (Å²) in [4.78, 5) is 10.5. The fourth-order valence-corrected chi connectivity index (χ4v) is 1.23. The highest BCUT2D eigenvalue weighted by atomic mass is 16.5. The summed E-state index contributed by atoms with van der Waals surface area (Å²) in [7, 11) is 0. The van der Waals surface area contributed by atoms with Gasteiger partial charge in [-0.2, -0.15) is 0 Å². The van der Waals surface area contributed by atoms with Crippen LogP contribution in [0.2, 0.25) is 0 Å². The Bertz CT molecular complexity index is 325. The first-order valence-corrected chi connectivity index (χ1v) is 4.84. The Morgan fingerprint density at radius 2 is 2.13 bits per heavy atom. The summed E-state index contributed by atoms with van der Waals surface area (Å²) in [6.07, 6.45) is 0.750. The highest BCUT2D eigenvalue weighted by Crippen LogP contribution is 2.18. The SMILES string of the molecule is NC(=O)CCOc1ccccc1CCO. The van der Waals surface area contributed by atoms with Crippen molar-refractivity contribution in [1.29, 1.82) is 0 Å². The number of para-hydroxylation sites is 1. The van der Waals surface area contributed by atoms with Gasteiger partial charge in [-0.15, -0.1) is 0 Å². The zero-order chi connectivity index (χ0) is 11.1. The molecule has 0 bridgehead atoms. The van der Waals surface area contributed by atoms with Gasteiger partial charge in [0.15, 0.2) is 0 Å². The third-order valence-electron chi connectivity index (χ3n) is 1.96. The van der Waals surface area contributed by atoms with Crippen molar-refractivity contribution in [3.8, 4) is 5.75 Å². The maximum Gasteiger partial charge on any atom is 0.220 e. The molecule has 4 nitrogen and oxygen atoms in total. The average Bonchev–Trinajstić information content (AvgIpc) is 2.20. The van der Waals surface area contributed by atoms with E-state index in [2.05, 4.69) is 0 Å². The lowest BCUT2D eigenvalue weighted by molar-refractivity contribution is -0.118. The van der Waals surface area contributed by atoms with Gasteiger partial charge in [-0.3, -0.25) is 4.79 Å². The minimum atomic E-state index is -0.380. The first-order valence-electron chi connectivity index (χ1n) is 4.84. The minimum absolute atomic E-state index is 0.0796. The molecule has 0 saturated heterocycles. The first kappa shape index (κ1) is 11.5. The van der Waals surface area contributed by atoms with Gasteiger partial charge in [-0.1, -0.05) is 18.2 Å². The fraction of sp³-hybridized carbons (Fsp3) is 0.364. The van der Waals surface area contributed by atoms with Crippen LogP contribution in [0.5, 0.6) is 5.75 Å². The molecule has 0 radical (unpaired) electrons. The van der Waals surface area contributed by atoms with Gasteiger partial charge in [0.05, 0.1) is 13.0 Å². The van der Waals surface area contributed by atoms with Crippen molar-refractivity contribution >= 4 is 5.91 Å². The summed E-state index contributed by atoms with van der Waals surface area (Å²) in [5.74, 6) is 0.322. The number of carbonyl (C=O) groups is 1. The third-order valence-corrected chi connectivity index (χ3v) is 1.96. The molecule has 0 spiro atoms. The lowest BCUT2D eigenvalue weighted by atomic mass is 10.1. The Morgan fingerprint density at radius 3 is 2.80 bits per heavy atom. The van der Waals surface area contributed by atoms with E-state index in [-0.39, 0.29) is 25.5 Å². The van der Waals surface area contributed by atoms with E-state index in [1.54, 1.807) is 0 Å². The number of carbonyl (C=O) groups excluding carboxylic acids is 1. The maximum atomic E-state index is 10.5. The van der Waals surface area contributed by atoms with E-state index in [0.717, 1.165) is 5.56 Å². The number of primary amides is 1. The Balaban J connectivity index is 2.55. The molecule has 0 fully saturated rings. The van der Waals surface area contributed by atoms with Gasteiger partial charge in [-0.05, 0) is 18.1 Å². The Hall–Kier alpha value is -1.55. The number of nitrogens with two attached hydrogens (primary N) is 1. The van der Waals surface area contributed by atoms with Crippen LogP contribution in [0.1, 0.15) is 12.0 Å². The monoisotopic (exact) mass is 209 g/mol. The van der Waals surface area contributed by atoms with Crippen LogP contribution in [0.25, 0.3) is 0 Å². The molecule has 0 aliphatic rings. The molecular formula is C11H15NO3. The second-order valence-corrected chi connectivity index (χ2v) is 3.15. The summed E-state index contributed by atoms with van der Waals surface area (Å²) in [5.41, 5.74) is 5.93. The number of hydrogen-bond acceptors (Lipinski definition) is 3. The molecule has 3 N–H and O–H groups in total. The minimum Gasteiger partial charge on any atom is -0.493 e. The highest BCUT2D eigenvalue weighted by molar-refractivity contribution is 5.73. The number of aliphatic hydroxyl groups is 1. The van der Waals surface area contributed by atoms with E-state index in [0.29, 0.717) is 12.2 Å². The van der Waals surface area contributed by atoms with Crippen LogP contribution < -0.4 is 10.5 Å². The first-order chi connectivity index (χ1) is 7.24. The quantitative estimate of drug-likeness (QED) is 0.715. The van der Waals surface area contributed by atoms with E-state index < -0.39 is 0 Å². The van der Waals surface area contributed by atoms with Crippen LogP contribution in [0, 0.1) is 0 Å². The van der Waals surface area contributed by atoms with Crippen molar-refractivity contribution in [2.75, 3.05) is 13.2 Å². The van der Waals surface area contributed by atoms with E-state index in [1.165, 1.54) is 0 Å². The number of amides is 1. The number of benzene rings is 1. The number of aliphatic hydroxyl groups excluding tert-OH is 1. The molecule has 1 rings (SSSR count). The molecule has 0 heterocycles. The second-order valence-electron chi connectivity index (χ2n) is 3.15. The van der Waals surface area contributed by atoms with Crippen molar-refractivity contribution < 1.29 is 14.6 Å². The Labute approximate surface area is 88.7 Å². The third kappa shape index (κ3) is 3.99. The fourth-order valence-electron chi connectivity index (χ4n) is 1.23. The van der Waals surface area contributed by atoms with Gasteiger partial charge in [0, 0.05) is 6.61 Å². The average molecular weight is 209 g/mol. The van der Waals surface area contributed by atoms with Gasteiger partial charge < -0.3 is 15.6 Å². The van der Waals surface area contributed by atoms with Crippen LogP contribution in [0.15, 0.2) is 24.3 Å². The van der Waals surface area contributed by atoms with Crippen molar-refractivity contribution in [1.82, 2.24) is 0 Å². The molecule has 1 aromatic rings. The van der Waals surface area contributed by atoms with Crippen LogP contribution >= 0.6 is 0 Å². The molecule has 1 amide bonds. The Kier molecular flexibility index (Phi) is 4.63. The summed E-state index contributed by atoms with van der Waals surface area (Å²) in [6, 6.07) is 7.42. The smallest absolute Gasteiger partial charge is 0.220 e. The topological polar surface area (TPSA) is 72.6 Å². The van der Waals surface area contributed by atoms with Crippen molar-refractivity contribution in [3.05, 3.63) is 29.8 Å². The lowest BCUT2D eigenvalue weighted by Gasteiger charge is -2.09. The van der Waals surface area contributed by atoms with E-state index in [9.17, 15) is 4.79 Å². The number of ether oxygens (including phenoxy) is 1. The van der Waals surface area contributed by atoms with Crippen molar-refractivity contribution in [3.63, 3.8) is 0 Å². The maximum absolute atomic E-state index is 10.5. The largest absolute Gasteiger partial charge is 0.493 e. The lowest BCUT2D eigenvalue weighted by Crippen LogP contribution is -2.15. The van der Waals surface area contributed by atoms with Gasteiger partial charge >= 0.3 is 0 Å². The zero-order valence-corrected chi connectivity index (χ0v) is 8.48. The van der Waals surface area contributed by atoms with Crippen LogP contribution in [0.4, 0.5) is 0 Å². The Morgan fingerprint density at radius 1 is 1.40 bits per heavy atom. The molecule has 0 aliphatic carbocycles. The second kappa shape index (κ2) is 6.03. The van der Waals surface area contributed by atoms with Crippen molar-refractivity contribution in [2.45, 2.75) is 12.8 Å². The zero-order valence-electron chi connectivity index (χ0n) is 8.48. The predicted octanol–water partition coefficient (Wildman–Crippen LogP) is 0.476. The van der Waals surface area contributed by atoms with E-state index in [4.69, 9.17) is 15.6 Å². The molecule has 4 heteroatoms. The standard InChI is InChI=1S/C11H15NO3/c12-11(14)6-8-15-10-4-2-1-3-9(10)5-7-13/h1-4,13H,5-8H2,(H2,12,14). The molecule has 1 aromatic carbocycles. The van der Waals surface area contributed by atoms with Crippen LogP contribution in [-0.2, 0) is 11.2 Å². The van der Waals surface area contributed by atoms with Gasteiger partial charge in [0.25, 0.3) is 0 Å². The van der Waals surface area contributed by atoms with Crippen molar-refractivity contribution in [2.24, 2.45) is 5.73 Å². The molecule has 0 aliphatic heterocycles. The molecular weight excluding hydrogens is 194 g/mol. The molecule has 0 atom stereocenters. The number of rotatable bonds is 6. The summed E-state index contributed by atoms with van der Waals surface area (Å²) in [5, 5.41) is 8.83. The van der Waals surface area contributed by atoms with E-state index in [1.807, 2.05) is 24.3 Å². The molecule has 0 saturated carbocycles. The van der Waals surface area contributed by atoms with Crippen LogP contribution in [-0.4, -0.2) is 24.2 Å². The molecule has 15 heavy (non-hydrogen) atoms. The molecule has 0 unspecified atom stereocenters. The predicted molar refractivity (Wildman–Crippen MR) is 56.5 cm³/mol. The van der Waals surface area contributed by atoms with Gasteiger partial charge in [-0.25, -0.2) is 0 Å². The van der Waals surface area contributed by atoms with E-state index >= 15 is 0 Å². The summed E-state index contributed by atoms with van der Waals surface area (Å²) in [6.45, 7) is 0.355. The number of hydrogen-bond donors (Lipinski definition) is 2.